The summed E-state index contributed by atoms with van der Waals surface area (Å²) < 4.78 is 7.33. The zero-order valence-electron chi connectivity index (χ0n) is 12.3. The van der Waals surface area contributed by atoms with E-state index in [1.54, 1.807) is 0 Å². The first kappa shape index (κ1) is 13.4. The van der Waals surface area contributed by atoms with Crippen LogP contribution in [0.4, 0.5) is 0 Å². The molecule has 0 saturated carbocycles. The van der Waals surface area contributed by atoms with Crippen LogP contribution in [0.2, 0.25) is 0 Å². The average Bonchev–Trinajstić information content (AvgIpc) is 2.99. The molecule has 21 heavy (non-hydrogen) atoms. The van der Waals surface area contributed by atoms with Gasteiger partial charge in [0, 0.05) is 11.8 Å². The summed E-state index contributed by atoms with van der Waals surface area (Å²) in [6.07, 6.45) is 3.93. The molecule has 0 spiro atoms. The lowest BCUT2D eigenvalue weighted by atomic mass is 10.1. The average molecular weight is 278 g/mol. The first-order chi connectivity index (χ1) is 10.3. The van der Waals surface area contributed by atoms with Gasteiger partial charge >= 0.3 is 0 Å². The molecule has 0 bridgehead atoms. The van der Waals surface area contributed by atoms with Gasteiger partial charge in [-0.1, -0.05) is 29.8 Å². The van der Waals surface area contributed by atoms with Gasteiger partial charge in [0.2, 0.25) is 0 Å². The summed E-state index contributed by atoms with van der Waals surface area (Å²) in [5, 5.41) is 4.44. The van der Waals surface area contributed by atoms with Crippen LogP contribution >= 0.6 is 0 Å². The highest BCUT2D eigenvalue weighted by Gasteiger charge is 2.03. The van der Waals surface area contributed by atoms with Crippen LogP contribution in [0.1, 0.15) is 12.5 Å². The van der Waals surface area contributed by atoms with Gasteiger partial charge in [-0.25, -0.2) is 4.68 Å². The van der Waals surface area contributed by atoms with Crippen molar-refractivity contribution in [3.05, 3.63) is 66.5 Å². The monoisotopic (exact) mass is 278 g/mol. The molecule has 2 aromatic carbocycles. The molecule has 1 heterocycles. The van der Waals surface area contributed by atoms with Gasteiger partial charge in [-0.3, -0.25) is 0 Å². The summed E-state index contributed by atoms with van der Waals surface area (Å²) in [6.45, 7) is 4.75. The third-order valence-electron chi connectivity index (χ3n) is 3.38. The van der Waals surface area contributed by atoms with Crippen molar-refractivity contribution in [2.75, 3.05) is 6.61 Å². The molecule has 0 unspecified atom stereocenters. The first-order valence-corrected chi connectivity index (χ1v) is 7.11. The second kappa shape index (κ2) is 5.83. The molecule has 0 aliphatic carbocycles. The molecule has 3 rings (SSSR count). The fourth-order valence-electron chi connectivity index (χ4n) is 2.22. The summed E-state index contributed by atoms with van der Waals surface area (Å²) in [5.41, 5.74) is 4.58. The second-order valence-electron chi connectivity index (χ2n) is 4.97. The molecule has 0 saturated heterocycles. The number of benzene rings is 2. The number of rotatable bonds is 4. The van der Waals surface area contributed by atoms with E-state index in [0.717, 1.165) is 17.0 Å². The summed E-state index contributed by atoms with van der Waals surface area (Å²) in [5.74, 6) is 0.882. The van der Waals surface area contributed by atoms with E-state index < -0.39 is 0 Å². The molecule has 3 aromatic rings. The Morgan fingerprint density at radius 2 is 1.67 bits per heavy atom. The topological polar surface area (TPSA) is 27.1 Å². The van der Waals surface area contributed by atoms with E-state index in [2.05, 4.69) is 36.3 Å². The Bertz CT molecular complexity index is 712. The Balaban J connectivity index is 1.85. The van der Waals surface area contributed by atoms with Crippen molar-refractivity contribution in [3.8, 4) is 22.6 Å². The molecule has 106 valence electrons. The van der Waals surface area contributed by atoms with E-state index in [4.69, 9.17) is 4.74 Å². The van der Waals surface area contributed by atoms with Crippen LogP contribution in [0, 0.1) is 6.92 Å². The van der Waals surface area contributed by atoms with Gasteiger partial charge in [0.25, 0.3) is 0 Å². The lowest BCUT2D eigenvalue weighted by Crippen LogP contribution is -1.95. The highest BCUT2D eigenvalue weighted by atomic mass is 16.5. The molecule has 0 aliphatic rings. The molecule has 0 fully saturated rings. The minimum absolute atomic E-state index is 0.679. The van der Waals surface area contributed by atoms with Gasteiger partial charge in [0.1, 0.15) is 5.75 Å². The van der Waals surface area contributed by atoms with E-state index in [0.29, 0.717) is 6.61 Å². The minimum atomic E-state index is 0.679. The molecular weight excluding hydrogens is 260 g/mol. The highest BCUT2D eigenvalue weighted by molar-refractivity contribution is 5.62. The molecule has 0 atom stereocenters. The lowest BCUT2D eigenvalue weighted by Gasteiger charge is -2.04. The van der Waals surface area contributed by atoms with Gasteiger partial charge < -0.3 is 4.74 Å². The summed E-state index contributed by atoms with van der Waals surface area (Å²) >= 11 is 0. The number of aryl methyl sites for hydroxylation is 1. The molecule has 0 N–H and O–H groups in total. The summed E-state index contributed by atoms with van der Waals surface area (Å²) in [7, 11) is 0. The number of hydrogen-bond acceptors (Lipinski definition) is 2. The van der Waals surface area contributed by atoms with Crippen LogP contribution in [0.25, 0.3) is 16.8 Å². The summed E-state index contributed by atoms with van der Waals surface area (Å²) in [6, 6.07) is 16.4. The van der Waals surface area contributed by atoms with Crippen molar-refractivity contribution in [2.45, 2.75) is 13.8 Å². The van der Waals surface area contributed by atoms with Gasteiger partial charge in [-0.05, 0) is 43.7 Å². The van der Waals surface area contributed by atoms with Crippen LogP contribution < -0.4 is 4.74 Å². The van der Waals surface area contributed by atoms with E-state index in [-0.39, 0.29) is 0 Å². The normalized spacial score (nSPS) is 10.6. The van der Waals surface area contributed by atoms with Crippen LogP contribution in [0.15, 0.2) is 60.9 Å². The quantitative estimate of drug-likeness (QED) is 0.713. The van der Waals surface area contributed by atoms with Crippen molar-refractivity contribution in [3.63, 3.8) is 0 Å². The number of ether oxygens (including phenoxy) is 1. The zero-order valence-corrected chi connectivity index (χ0v) is 12.3. The minimum Gasteiger partial charge on any atom is -0.494 e. The Morgan fingerprint density at radius 1 is 0.952 bits per heavy atom. The molecule has 3 heteroatoms. The lowest BCUT2D eigenvalue weighted by molar-refractivity contribution is 0.340. The standard InChI is InChI=1S/C18H18N2O/c1-3-21-18-10-8-17(9-11-18)20-13-16(12-19-20)15-6-4-14(2)5-7-15/h4-13H,3H2,1-2H3. The maximum absolute atomic E-state index is 5.45. The predicted molar refractivity (Wildman–Crippen MR) is 84.9 cm³/mol. The van der Waals surface area contributed by atoms with Gasteiger partial charge in [-0.2, -0.15) is 5.10 Å². The molecule has 0 aliphatic heterocycles. The van der Waals surface area contributed by atoms with Crippen LogP contribution in [0.5, 0.6) is 5.75 Å². The Kier molecular flexibility index (Phi) is 3.73. The SMILES string of the molecule is CCOc1ccc(-n2cc(-c3ccc(C)cc3)cn2)cc1. The molecule has 0 amide bonds. The van der Waals surface area contributed by atoms with E-state index in [1.165, 1.54) is 11.1 Å². The number of hydrogen-bond donors (Lipinski definition) is 0. The Hall–Kier alpha value is -2.55. The number of aromatic nitrogens is 2. The maximum atomic E-state index is 5.45. The van der Waals surface area contributed by atoms with Crippen LogP contribution in [-0.4, -0.2) is 16.4 Å². The van der Waals surface area contributed by atoms with Gasteiger partial charge in [0.15, 0.2) is 0 Å². The third kappa shape index (κ3) is 2.97. The largest absolute Gasteiger partial charge is 0.494 e. The third-order valence-corrected chi connectivity index (χ3v) is 3.38. The highest BCUT2D eigenvalue weighted by Crippen LogP contribution is 2.21. The van der Waals surface area contributed by atoms with Crippen LogP contribution in [0.3, 0.4) is 0 Å². The van der Waals surface area contributed by atoms with Gasteiger partial charge in [0.05, 0.1) is 18.5 Å². The fourth-order valence-corrected chi connectivity index (χ4v) is 2.22. The van der Waals surface area contributed by atoms with Crippen molar-refractivity contribution in [2.24, 2.45) is 0 Å². The fraction of sp³-hybridized carbons (Fsp3) is 0.167. The molecule has 1 aromatic heterocycles. The van der Waals surface area contributed by atoms with Crippen molar-refractivity contribution < 1.29 is 4.74 Å². The van der Waals surface area contributed by atoms with Crippen molar-refractivity contribution >= 4 is 0 Å². The maximum Gasteiger partial charge on any atom is 0.119 e. The van der Waals surface area contributed by atoms with Gasteiger partial charge in [-0.15, -0.1) is 0 Å². The predicted octanol–water partition coefficient (Wildman–Crippen LogP) is 4.25. The zero-order chi connectivity index (χ0) is 14.7. The smallest absolute Gasteiger partial charge is 0.119 e. The van der Waals surface area contributed by atoms with Crippen molar-refractivity contribution in [1.29, 1.82) is 0 Å². The Morgan fingerprint density at radius 3 is 2.33 bits per heavy atom. The van der Waals surface area contributed by atoms with E-state index in [9.17, 15) is 0 Å². The Labute approximate surface area is 124 Å². The molecular formula is C18H18N2O. The second-order valence-corrected chi connectivity index (χ2v) is 4.97. The number of nitrogens with zero attached hydrogens (tertiary/aromatic N) is 2. The van der Waals surface area contributed by atoms with E-state index >= 15 is 0 Å². The molecule has 3 nitrogen and oxygen atoms in total. The van der Waals surface area contributed by atoms with Crippen LogP contribution in [-0.2, 0) is 0 Å². The molecule has 0 radical (unpaired) electrons. The van der Waals surface area contributed by atoms with Crippen molar-refractivity contribution in [1.82, 2.24) is 9.78 Å². The summed E-state index contributed by atoms with van der Waals surface area (Å²) in [4.78, 5) is 0. The van der Waals surface area contributed by atoms with E-state index in [1.807, 2.05) is 48.3 Å². The first-order valence-electron chi connectivity index (χ1n) is 7.11.